The van der Waals surface area contributed by atoms with Gasteiger partial charge in [-0.3, -0.25) is 9.59 Å². The lowest BCUT2D eigenvalue weighted by molar-refractivity contribution is -0.143. The van der Waals surface area contributed by atoms with Gasteiger partial charge in [-0.15, -0.1) is 0 Å². The Bertz CT molecular complexity index is 549. The van der Waals surface area contributed by atoms with E-state index in [1.165, 1.54) is 0 Å². The summed E-state index contributed by atoms with van der Waals surface area (Å²) in [5, 5.41) is 11.7. The van der Waals surface area contributed by atoms with Gasteiger partial charge in [-0.1, -0.05) is 12.1 Å². The van der Waals surface area contributed by atoms with Crippen molar-refractivity contribution in [2.45, 2.75) is 33.1 Å². The average molecular weight is 291 g/mol. The van der Waals surface area contributed by atoms with Crippen LogP contribution in [0.25, 0.3) is 0 Å². The number of carboxylic acid groups (broad SMARTS) is 1. The van der Waals surface area contributed by atoms with Crippen LogP contribution in [0.5, 0.6) is 5.75 Å². The number of benzene rings is 1. The highest BCUT2D eigenvalue weighted by Crippen LogP contribution is 2.45. The predicted molar refractivity (Wildman–Crippen MR) is 78.3 cm³/mol. The maximum absolute atomic E-state index is 11.7. The van der Waals surface area contributed by atoms with E-state index < -0.39 is 11.4 Å². The minimum Gasteiger partial charge on any atom is -0.493 e. The molecule has 0 aromatic heterocycles. The van der Waals surface area contributed by atoms with Crippen LogP contribution in [-0.2, 0) is 9.59 Å². The highest BCUT2D eigenvalue weighted by Gasteiger charge is 2.50. The van der Waals surface area contributed by atoms with Crippen LogP contribution in [0.4, 0.5) is 0 Å². The molecule has 0 heterocycles. The molecule has 21 heavy (non-hydrogen) atoms. The van der Waals surface area contributed by atoms with Gasteiger partial charge in [-0.25, -0.2) is 0 Å². The van der Waals surface area contributed by atoms with Crippen LogP contribution >= 0.6 is 0 Å². The Balaban J connectivity index is 1.72. The zero-order chi connectivity index (χ0) is 15.5. The van der Waals surface area contributed by atoms with Crippen LogP contribution in [-0.4, -0.2) is 30.1 Å². The summed E-state index contributed by atoms with van der Waals surface area (Å²) in [6.07, 6.45) is 1.51. The Kier molecular flexibility index (Phi) is 4.50. The molecular formula is C16H21NO4. The van der Waals surface area contributed by atoms with E-state index in [0.717, 1.165) is 16.9 Å². The molecule has 1 fully saturated rings. The highest BCUT2D eigenvalue weighted by atomic mass is 16.5. The molecule has 1 aliphatic carbocycles. The maximum atomic E-state index is 11.7. The van der Waals surface area contributed by atoms with Gasteiger partial charge in [0.15, 0.2) is 0 Å². The fourth-order valence-electron chi connectivity index (χ4n) is 2.09. The standard InChI is InChI=1S/C16H21NO4/c1-11-3-4-12(2)13(9-11)21-8-5-14(18)17-10-16(6-7-16)15(19)20/h3-4,9H,5-8,10H2,1-2H3,(H,17,18)(H,19,20). The van der Waals surface area contributed by atoms with Gasteiger partial charge >= 0.3 is 5.97 Å². The third kappa shape index (κ3) is 3.97. The monoisotopic (exact) mass is 291 g/mol. The van der Waals surface area contributed by atoms with Gasteiger partial charge in [0.1, 0.15) is 5.75 Å². The summed E-state index contributed by atoms with van der Waals surface area (Å²) in [6, 6.07) is 5.93. The van der Waals surface area contributed by atoms with Crippen molar-refractivity contribution in [2.24, 2.45) is 5.41 Å². The zero-order valence-electron chi connectivity index (χ0n) is 12.4. The Morgan fingerprint density at radius 3 is 2.67 bits per heavy atom. The van der Waals surface area contributed by atoms with Crippen LogP contribution in [0.1, 0.15) is 30.4 Å². The van der Waals surface area contributed by atoms with Crippen LogP contribution in [0, 0.1) is 19.3 Å². The van der Waals surface area contributed by atoms with Crippen molar-refractivity contribution in [3.05, 3.63) is 29.3 Å². The fourth-order valence-corrected chi connectivity index (χ4v) is 2.09. The van der Waals surface area contributed by atoms with E-state index in [9.17, 15) is 9.59 Å². The summed E-state index contributed by atoms with van der Waals surface area (Å²) in [5.74, 6) is -0.214. The Morgan fingerprint density at radius 1 is 1.33 bits per heavy atom. The highest BCUT2D eigenvalue weighted by molar-refractivity contribution is 5.80. The fraction of sp³-hybridized carbons (Fsp3) is 0.500. The Morgan fingerprint density at radius 2 is 2.05 bits per heavy atom. The normalized spacial score (nSPS) is 15.3. The smallest absolute Gasteiger partial charge is 0.311 e. The van der Waals surface area contributed by atoms with Crippen molar-refractivity contribution in [3.8, 4) is 5.75 Å². The lowest BCUT2D eigenvalue weighted by atomic mass is 10.1. The van der Waals surface area contributed by atoms with Crippen molar-refractivity contribution in [1.29, 1.82) is 0 Å². The second-order valence-electron chi connectivity index (χ2n) is 5.73. The molecule has 1 aliphatic rings. The molecule has 0 unspecified atom stereocenters. The Hall–Kier alpha value is -2.04. The topological polar surface area (TPSA) is 75.6 Å². The van der Waals surface area contributed by atoms with E-state index in [4.69, 9.17) is 9.84 Å². The van der Waals surface area contributed by atoms with Crippen molar-refractivity contribution >= 4 is 11.9 Å². The lowest BCUT2D eigenvalue weighted by Crippen LogP contribution is -2.34. The molecule has 2 rings (SSSR count). The number of hydrogen-bond acceptors (Lipinski definition) is 3. The minimum absolute atomic E-state index is 0.173. The lowest BCUT2D eigenvalue weighted by Gasteiger charge is -2.12. The van der Waals surface area contributed by atoms with Gasteiger partial charge in [-0.2, -0.15) is 0 Å². The Labute approximate surface area is 124 Å². The van der Waals surface area contributed by atoms with Crippen LogP contribution in [0.3, 0.4) is 0 Å². The number of aliphatic carboxylic acids is 1. The number of carbonyl (C=O) groups is 2. The van der Waals surface area contributed by atoms with Crippen LogP contribution in [0.2, 0.25) is 0 Å². The number of carboxylic acids is 1. The molecular weight excluding hydrogens is 270 g/mol. The largest absolute Gasteiger partial charge is 0.493 e. The molecule has 5 heteroatoms. The molecule has 114 valence electrons. The molecule has 1 saturated carbocycles. The summed E-state index contributed by atoms with van der Waals surface area (Å²) in [7, 11) is 0. The zero-order valence-corrected chi connectivity index (χ0v) is 12.4. The van der Waals surface area contributed by atoms with E-state index in [0.29, 0.717) is 12.8 Å². The van der Waals surface area contributed by atoms with Gasteiger partial charge in [0.05, 0.1) is 18.4 Å². The first-order chi connectivity index (χ1) is 9.93. The second kappa shape index (κ2) is 6.16. The predicted octanol–water partition coefficient (Wildman–Crippen LogP) is 2.05. The third-order valence-corrected chi connectivity index (χ3v) is 3.86. The number of ether oxygens (including phenoxy) is 1. The second-order valence-corrected chi connectivity index (χ2v) is 5.73. The molecule has 1 aromatic rings. The van der Waals surface area contributed by atoms with E-state index >= 15 is 0 Å². The quantitative estimate of drug-likeness (QED) is 0.806. The first-order valence-corrected chi connectivity index (χ1v) is 7.13. The molecule has 0 aliphatic heterocycles. The minimum atomic E-state index is -0.825. The molecule has 5 nitrogen and oxygen atoms in total. The molecule has 1 aromatic carbocycles. The number of nitrogens with one attached hydrogen (secondary N) is 1. The van der Waals surface area contributed by atoms with Crippen molar-refractivity contribution in [3.63, 3.8) is 0 Å². The molecule has 0 radical (unpaired) electrons. The molecule has 1 amide bonds. The van der Waals surface area contributed by atoms with E-state index in [2.05, 4.69) is 5.32 Å². The first-order valence-electron chi connectivity index (χ1n) is 7.13. The maximum Gasteiger partial charge on any atom is 0.311 e. The number of hydrogen-bond donors (Lipinski definition) is 2. The van der Waals surface area contributed by atoms with E-state index in [-0.39, 0.29) is 25.5 Å². The average Bonchev–Trinajstić information content (AvgIpc) is 3.22. The SMILES string of the molecule is Cc1ccc(C)c(OCCC(=O)NCC2(C(=O)O)CC2)c1. The summed E-state index contributed by atoms with van der Waals surface area (Å²) in [4.78, 5) is 22.7. The number of aryl methyl sites for hydroxylation is 2. The molecule has 0 saturated heterocycles. The van der Waals surface area contributed by atoms with Gasteiger partial charge in [0, 0.05) is 6.54 Å². The third-order valence-electron chi connectivity index (χ3n) is 3.86. The van der Waals surface area contributed by atoms with Crippen LogP contribution in [0.15, 0.2) is 18.2 Å². The van der Waals surface area contributed by atoms with Crippen LogP contribution < -0.4 is 10.1 Å². The van der Waals surface area contributed by atoms with Crippen molar-refractivity contribution in [2.75, 3.05) is 13.2 Å². The van der Waals surface area contributed by atoms with Gasteiger partial charge < -0.3 is 15.2 Å². The van der Waals surface area contributed by atoms with Crippen molar-refractivity contribution < 1.29 is 19.4 Å². The van der Waals surface area contributed by atoms with Gasteiger partial charge in [0.25, 0.3) is 0 Å². The van der Waals surface area contributed by atoms with Gasteiger partial charge in [0.2, 0.25) is 5.91 Å². The summed E-state index contributed by atoms with van der Waals surface area (Å²) in [6.45, 7) is 4.44. The molecule has 0 bridgehead atoms. The van der Waals surface area contributed by atoms with E-state index in [1.54, 1.807) is 0 Å². The number of carbonyl (C=O) groups excluding carboxylic acids is 1. The number of amides is 1. The molecule has 2 N–H and O–H groups in total. The summed E-state index contributed by atoms with van der Waals surface area (Å²) < 4.78 is 5.61. The summed E-state index contributed by atoms with van der Waals surface area (Å²) >= 11 is 0. The molecule has 0 spiro atoms. The first kappa shape index (κ1) is 15.4. The van der Waals surface area contributed by atoms with E-state index in [1.807, 2.05) is 32.0 Å². The number of rotatable bonds is 7. The molecule has 0 atom stereocenters. The van der Waals surface area contributed by atoms with Crippen molar-refractivity contribution in [1.82, 2.24) is 5.32 Å². The van der Waals surface area contributed by atoms with Gasteiger partial charge in [-0.05, 0) is 43.9 Å². The summed E-state index contributed by atoms with van der Waals surface area (Å²) in [5.41, 5.74) is 1.42.